The molecule has 1 unspecified atom stereocenters. The Bertz CT molecular complexity index is 659. The van der Waals surface area contributed by atoms with Crippen LogP contribution in [0.15, 0.2) is 10.2 Å². The molecule has 1 atom stereocenters. The van der Waals surface area contributed by atoms with Crippen LogP contribution in [-0.4, -0.2) is 39.5 Å². The molecular weight excluding hydrogens is 302 g/mol. The summed E-state index contributed by atoms with van der Waals surface area (Å²) >= 11 is 0. The molecular formula is C18H25N5O. The number of carbonyl (C=O) groups excluding carboxylic acids is 1. The summed E-state index contributed by atoms with van der Waals surface area (Å²) in [6, 6.07) is 0. The summed E-state index contributed by atoms with van der Waals surface area (Å²) in [5.74, 6) is 4.13. The van der Waals surface area contributed by atoms with Gasteiger partial charge < -0.3 is 9.88 Å². The lowest BCUT2D eigenvalue weighted by atomic mass is 9.96. The minimum absolute atomic E-state index is 0.192. The van der Waals surface area contributed by atoms with Crippen molar-refractivity contribution in [3.05, 3.63) is 17.2 Å². The quantitative estimate of drug-likeness (QED) is 0.815. The number of imidazole rings is 1. The van der Waals surface area contributed by atoms with Crippen LogP contribution in [0.4, 0.5) is 0 Å². The standard InChI is InChI=1S/C18H25N5O/c1-4-5-9-18(21-22-18)10-8-16(24)23-11-6-7-15(12-23)17-19-13(2)14(3)20-17/h1,15H,5-12H2,2-3H3,(H,19,20). The molecule has 1 amide bonds. The van der Waals surface area contributed by atoms with Crippen molar-refractivity contribution in [2.24, 2.45) is 10.2 Å². The predicted octanol–water partition coefficient (Wildman–Crippen LogP) is 3.09. The molecule has 24 heavy (non-hydrogen) atoms. The highest BCUT2D eigenvalue weighted by atomic mass is 16.2. The first-order chi connectivity index (χ1) is 11.5. The lowest BCUT2D eigenvalue weighted by Crippen LogP contribution is -2.39. The fraction of sp³-hybridized carbons (Fsp3) is 0.667. The summed E-state index contributed by atoms with van der Waals surface area (Å²) in [6.07, 6.45) is 9.97. The maximum absolute atomic E-state index is 12.6. The monoisotopic (exact) mass is 327 g/mol. The molecule has 6 nitrogen and oxygen atoms in total. The summed E-state index contributed by atoms with van der Waals surface area (Å²) in [6.45, 7) is 5.63. The average Bonchev–Trinajstić information content (AvgIpc) is 3.29. The molecule has 1 saturated heterocycles. The molecule has 0 bridgehead atoms. The van der Waals surface area contributed by atoms with Gasteiger partial charge in [-0.3, -0.25) is 4.79 Å². The number of carbonyl (C=O) groups is 1. The fourth-order valence-electron chi connectivity index (χ4n) is 3.33. The Morgan fingerprint density at radius 3 is 2.83 bits per heavy atom. The number of piperidine rings is 1. The Hall–Kier alpha value is -2.16. The number of hydrogen-bond acceptors (Lipinski definition) is 4. The Morgan fingerprint density at radius 2 is 2.21 bits per heavy atom. The van der Waals surface area contributed by atoms with Gasteiger partial charge in [-0.15, -0.1) is 12.3 Å². The maximum atomic E-state index is 12.6. The minimum Gasteiger partial charge on any atom is -0.346 e. The number of aryl methyl sites for hydroxylation is 2. The molecule has 6 heteroatoms. The normalized spacial score (nSPS) is 21.5. The van der Waals surface area contributed by atoms with Crippen LogP contribution in [0.2, 0.25) is 0 Å². The molecule has 0 aliphatic carbocycles. The van der Waals surface area contributed by atoms with Crippen LogP contribution in [0.5, 0.6) is 0 Å². The Labute approximate surface area is 143 Å². The summed E-state index contributed by atoms with van der Waals surface area (Å²) < 4.78 is 0. The third-order valence-electron chi connectivity index (χ3n) is 5.10. The molecule has 128 valence electrons. The van der Waals surface area contributed by atoms with Crippen LogP contribution in [0, 0.1) is 26.2 Å². The van der Waals surface area contributed by atoms with E-state index in [0.29, 0.717) is 25.2 Å². The first-order valence-corrected chi connectivity index (χ1v) is 8.71. The first-order valence-electron chi connectivity index (χ1n) is 8.71. The van der Waals surface area contributed by atoms with Crippen molar-refractivity contribution in [1.82, 2.24) is 14.9 Å². The van der Waals surface area contributed by atoms with Crippen LogP contribution in [0.3, 0.4) is 0 Å². The third kappa shape index (κ3) is 3.66. The molecule has 1 aromatic rings. The number of nitrogens with one attached hydrogen (secondary N) is 1. The van der Waals surface area contributed by atoms with Gasteiger partial charge in [-0.1, -0.05) is 0 Å². The molecule has 0 spiro atoms. The van der Waals surface area contributed by atoms with Crippen molar-refractivity contribution >= 4 is 5.91 Å². The van der Waals surface area contributed by atoms with E-state index in [1.807, 2.05) is 18.7 Å². The molecule has 2 aliphatic rings. The molecule has 1 N–H and O–H groups in total. The summed E-state index contributed by atoms with van der Waals surface area (Å²) in [4.78, 5) is 22.5. The predicted molar refractivity (Wildman–Crippen MR) is 91.5 cm³/mol. The molecule has 1 fully saturated rings. The van der Waals surface area contributed by atoms with Crippen LogP contribution in [-0.2, 0) is 4.79 Å². The summed E-state index contributed by atoms with van der Waals surface area (Å²) in [5.41, 5.74) is 1.79. The van der Waals surface area contributed by atoms with Gasteiger partial charge in [0, 0.05) is 50.4 Å². The number of hydrogen-bond donors (Lipinski definition) is 1. The lowest BCUT2D eigenvalue weighted by molar-refractivity contribution is -0.132. The van der Waals surface area contributed by atoms with Crippen molar-refractivity contribution in [3.8, 4) is 12.3 Å². The van der Waals surface area contributed by atoms with Gasteiger partial charge in [0.05, 0.1) is 5.69 Å². The van der Waals surface area contributed by atoms with Gasteiger partial charge in [-0.25, -0.2) is 4.98 Å². The highest BCUT2D eigenvalue weighted by molar-refractivity contribution is 5.76. The van der Waals surface area contributed by atoms with Crippen LogP contribution >= 0.6 is 0 Å². The van der Waals surface area contributed by atoms with Crippen molar-refractivity contribution in [3.63, 3.8) is 0 Å². The summed E-state index contributed by atoms with van der Waals surface area (Å²) in [5, 5.41) is 8.21. The van der Waals surface area contributed by atoms with Gasteiger partial charge in [0.15, 0.2) is 5.66 Å². The van der Waals surface area contributed by atoms with Gasteiger partial charge in [0.25, 0.3) is 0 Å². The fourth-order valence-corrected chi connectivity index (χ4v) is 3.33. The van der Waals surface area contributed by atoms with Gasteiger partial charge in [0.2, 0.25) is 5.91 Å². The topological polar surface area (TPSA) is 73.7 Å². The summed E-state index contributed by atoms with van der Waals surface area (Å²) in [7, 11) is 0. The van der Waals surface area contributed by atoms with Crippen LogP contribution in [0.1, 0.15) is 61.7 Å². The number of H-pyrrole nitrogens is 1. The minimum atomic E-state index is -0.369. The number of amides is 1. The number of likely N-dealkylation sites (tertiary alicyclic amines) is 1. The largest absolute Gasteiger partial charge is 0.346 e. The Morgan fingerprint density at radius 1 is 1.42 bits per heavy atom. The molecule has 1 aromatic heterocycles. The Balaban J connectivity index is 1.53. The molecule has 2 aliphatic heterocycles. The van der Waals surface area contributed by atoms with Crippen molar-refractivity contribution in [1.29, 1.82) is 0 Å². The highest BCUT2D eigenvalue weighted by Gasteiger charge is 2.40. The van der Waals surface area contributed by atoms with Crippen LogP contribution in [0.25, 0.3) is 0 Å². The van der Waals surface area contributed by atoms with Crippen molar-refractivity contribution in [2.75, 3.05) is 13.1 Å². The van der Waals surface area contributed by atoms with E-state index in [1.54, 1.807) is 0 Å². The molecule has 0 saturated carbocycles. The SMILES string of the molecule is C#CCCC1(CCC(=O)N2CCCC(c3nc(C)c(C)[nH]3)C2)N=N1. The van der Waals surface area contributed by atoms with Gasteiger partial charge in [0.1, 0.15) is 5.82 Å². The first kappa shape index (κ1) is 16.7. The van der Waals surface area contributed by atoms with E-state index >= 15 is 0 Å². The van der Waals surface area contributed by atoms with Crippen molar-refractivity contribution in [2.45, 2.75) is 64.0 Å². The van der Waals surface area contributed by atoms with E-state index in [9.17, 15) is 4.79 Å². The second kappa shape index (κ2) is 6.76. The van der Waals surface area contributed by atoms with Crippen molar-refractivity contribution < 1.29 is 4.79 Å². The highest BCUT2D eigenvalue weighted by Crippen LogP contribution is 2.38. The van der Waals surface area contributed by atoms with Gasteiger partial charge in [-0.2, -0.15) is 10.2 Å². The van der Waals surface area contributed by atoms with Crippen LogP contribution < -0.4 is 0 Å². The molecule has 0 aromatic carbocycles. The second-order valence-electron chi connectivity index (χ2n) is 6.90. The van der Waals surface area contributed by atoms with E-state index in [2.05, 4.69) is 26.1 Å². The lowest BCUT2D eigenvalue weighted by Gasteiger charge is -2.32. The maximum Gasteiger partial charge on any atom is 0.222 e. The number of aromatic nitrogens is 2. The molecule has 0 radical (unpaired) electrons. The zero-order valence-electron chi connectivity index (χ0n) is 14.5. The molecule has 3 rings (SSSR count). The van der Waals surface area contributed by atoms with E-state index in [0.717, 1.165) is 49.6 Å². The number of aromatic amines is 1. The van der Waals surface area contributed by atoms with Gasteiger partial charge >= 0.3 is 0 Å². The average molecular weight is 327 g/mol. The Kier molecular flexibility index (Phi) is 4.70. The zero-order valence-corrected chi connectivity index (χ0v) is 14.5. The van der Waals surface area contributed by atoms with Gasteiger partial charge in [-0.05, 0) is 26.7 Å². The van der Waals surface area contributed by atoms with E-state index in [1.165, 1.54) is 0 Å². The van der Waals surface area contributed by atoms with E-state index in [4.69, 9.17) is 6.42 Å². The van der Waals surface area contributed by atoms with E-state index < -0.39 is 0 Å². The smallest absolute Gasteiger partial charge is 0.222 e. The third-order valence-corrected chi connectivity index (χ3v) is 5.10. The zero-order chi connectivity index (χ0) is 17.2. The molecule has 3 heterocycles. The number of terminal acetylenes is 1. The second-order valence-corrected chi connectivity index (χ2v) is 6.90. The van der Waals surface area contributed by atoms with E-state index in [-0.39, 0.29) is 11.6 Å². The number of rotatable bonds is 6. The number of nitrogens with zero attached hydrogens (tertiary/aromatic N) is 4.